The quantitative estimate of drug-likeness (QED) is 0.773. The summed E-state index contributed by atoms with van der Waals surface area (Å²) in [4.78, 5) is 15.4. The summed E-state index contributed by atoms with van der Waals surface area (Å²) in [5.41, 5.74) is 6.45. The van der Waals surface area contributed by atoms with E-state index in [2.05, 4.69) is 10.3 Å². The largest absolute Gasteiger partial charge is 0.375 e. The summed E-state index contributed by atoms with van der Waals surface area (Å²) >= 11 is 1.44. The molecule has 1 heterocycles. The molecule has 0 aliphatic heterocycles. The molecule has 14 heavy (non-hydrogen) atoms. The third-order valence-corrected chi connectivity index (χ3v) is 2.92. The lowest BCUT2D eigenvalue weighted by Gasteiger charge is -2.01. The van der Waals surface area contributed by atoms with Crippen LogP contribution in [0.4, 0.5) is 5.13 Å². The maximum absolute atomic E-state index is 11.2. The van der Waals surface area contributed by atoms with Crippen LogP contribution in [0, 0.1) is 5.92 Å². The van der Waals surface area contributed by atoms with Gasteiger partial charge in [-0.05, 0) is 12.8 Å². The van der Waals surface area contributed by atoms with E-state index in [0.717, 1.165) is 25.0 Å². The second kappa shape index (κ2) is 3.96. The lowest BCUT2D eigenvalue weighted by Crippen LogP contribution is -2.26. The van der Waals surface area contributed by atoms with Crippen molar-refractivity contribution in [2.24, 2.45) is 5.92 Å². The topological polar surface area (TPSA) is 68.0 Å². The molecule has 0 bridgehead atoms. The van der Waals surface area contributed by atoms with Gasteiger partial charge in [0.2, 0.25) is 5.91 Å². The molecular formula is C9H13N3OS. The van der Waals surface area contributed by atoms with Gasteiger partial charge in [0.15, 0.2) is 5.13 Å². The van der Waals surface area contributed by atoms with Gasteiger partial charge >= 0.3 is 0 Å². The highest BCUT2D eigenvalue weighted by molar-refractivity contribution is 7.13. The summed E-state index contributed by atoms with van der Waals surface area (Å²) in [6.07, 6.45) is 2.87. The van der Waals surface area contributed by atoms with Crippen molar-refractivity contribution in [3.05, 3.63) is 11.1 Å². The fourth-order valence-electron chi connectivity index (χ4n) is 1.24. The van der Waals surface area contributed by atoms with Gasteiger partial charge in [0.25, 0.3) is 0 Å². The highest BCUT2D eigenvalue weighted by Crippen LogP contribution is 2.28. The van der Waals surface area contributed by atoms with Crippen molar-refractivity contribution < 1.29 is 4.79 Å². The zero-order valence-corrected chi connectivity index (χ0v) is 8.64. The minimum absolute atomic E-state index is 0.188. The Bertz CT molecular complexity index is 333. The fraction of sp³-hybridized carbons (Fsp3) is 0.556. The molecule has 2 rings (SSSR count). The van der Waals surface area contributed by atoms with E-state index in [4.69, 9.17) is 5.73 Å². The van der Waals surface area contributed by atoms with E-state index >= 15 is 0 Å². The number of nitrogen functional groups attached to an aromatic ring is 1. The van der Waals surface area contributed by atoms with Gasteiger partial charge in [-0.25, -0.2) is 4.98 Å². The van der Waals surface area contributed by atoms with Crippen molar-refractivity contribution in [2.75, 3.05) is 12.3 Å². The van der Waals surface area contributed by atoms with Crippen molar-refractivity contribution in [1.29, 1.82) is 0 Å². The Balaban J connectivity index is 1.69. The molecule has 1 amide bonds. The smallest absolute Gasteiger partial charge is 0.223 e. The van der Waals surface area contributed by atoms with Gasteiger partial charge < -0.3 is 11.1 Å². The van der Waals surface area contributed by atoms with E-state index in [9.17, 15) is 4.79 Å². The first-order valence-corrected chi connectivity index (χ1v) is 5.61. The molecule has 1 aliphatic rings. The van der Waals surface area contributed by atoms with Crippen LogP contribution in [-0.4, -0.2) is 17.4 Å². The Hall–Kier alpha value is -1.10. The van der Waals surface area contributed by atoms with Crippen LogP contribution in [-0.2, 0) is 11.2 Å². The minimum atomic E-state index is 0.188. The molecule has 0 saturated heterocycles. The number of rotatable bonds is 4. The van der Waals surface area contributed by atoms with Crippen LogP contribution in [0.1, 0.15) is 18.5 Å². The predicted molar refractivity (Wildman–Crippen MR) is 56.0 cm³/mol. The third kappa shape index (κ3) is 2.45. The molecule has 0 unspecified atom stereocenters. The number of amides is 1. The number of carbonyl (C=O) groups is 1. The maximum atomic E-state index is 11.2. The average molecular weight is 211 g/mol. The predicted octanol–water partition coefficient (Wildman–Crippen LogP) is 0.794. The Morgan fingerprint density at radius 3 is 3.07 bits per heavy atom. The summed E-state index contributed by atoms with van der Waals surface area (Å²) < 4.78 is 0. The number of nitrogens with two attached hydrogens (primary N) is 1. The van der Waals surface area contributed by atoms with E-state index in [-0.39, 0.29) is 11.8 Å². The molecule has 1 saturated carbocycles. The SMILES string of the molecule is Nc1nc(CCNC(=O)C2CC2)cs1. The Morgan fingerprint density at radius 2 is 2.50 bits per heavy atom. The van der Waals surface area contributed by atoms with Crippen molar-refractivity contribution in [3.8, 4) is 0 Å². The minimum Gasteiger partial charge on any atom is -0.375 e. The Kier molecular flexibility index (Phi) is 2.67. The number of thiazole rings is 1. The lowest BCUT2D eigenvalue weighted by molar-refractivity contribution is -0.122. The van der Waals surface area contributed by atoms with Gasteiger partial charge in [-0.2, -0.15) is 0 Å². The zero-order chi connectivity index (χ0) is 9.97. The van der Waals surface area contributed by atoms with Crippen LogP contribution in [0.2, 0.25) is 0 Å². The third-order valence-electron chi connectivity index (χ3n) is 2.20. The number of nitrogens with one attached hydrogen (secondary N) is 1. The van der Waals surface area contributed by atoms with E-state index in [1.807, 2.05) is 5.38 Å². The number of hydrogen-bond acceptors (Lipinski definition) is 4. The molecule has 5 heteroatoms. The summed E-state index contributed by atoms with van der Waals surface area (Å²) in [5.74, 6) is 0.476. The van der Waals surface area contributed by atoms with Crippen LogP contribution >= 0.6 is 11.3 Å². The van der Waals surface area contributed by atoms with E-state index in [1.54, 1.807) is 0 Å². The summed E-state index contributed by atoms with van der Waals surface area (Å²) in [6, 6.07) is 0. The first-order valence-electron chi connectivity index (χ1n) is 4.73. The molecule has 1 fully saturated rings. The Morgan fingerprint density at radius 1 is 1.71 bits per heavy atom. The van der Waals surface area contributed by atoms with Gasteiger partial charge in [0.05, 0.1) is 5.69 Å². The van der Waals surface area contributed by atoms with Gasteiger partial charge in [-0.3, -0.25) is 4.79 Å². The average Bonchev–Trinajstić information content (AvgIpc) is 2.92. The number of nitrogens with zero attached hydrogens (tertiary/aromatic N) is 1. The molecule has 4 nitrogen and oxygen atoms in total. The number of anilines is 1. The summed E-state index contributed by atoms with van der Waals surface area (Å²) in [7, 11) is 0. The van der Waals surface area contributed by atoms with Gasteiger partial charge in [0, 0.05) is 24.3 Å². The number of hydrogen-bond donors (Lipinski definition) is 2. The van der Waals surface area contributed by atoms with E-state index in [1.165, 1.54) is 11.3 Å². The van der Waals surface area contributed by atoms with Crippen molar-refractivity contribution >= 4 is 22.4 Å². The number of aromatic nitrogens is 1. The van der Waals surface area contributed by atoms with Crippen molar-refractivity contribution in [1.82, 2.24) is 10.3 Å². The Labute approximate surface area is 86.5 Å². The molecule has 3 N–H and O–H groups in total. The van der Waals surface area contributed by atoms with Gasteiger partial charge in [-0.15, -0.1) is 11.3 Å². The van der Waals surface area contributed by atoms with Crippen LogP contribution in [0.5, 0.6) is 0 Å². The number of carbonyl (C=O) groups excluding carboxylic acids is 1. The monoisotopic (exact) mass is 211 g/mol. The van der Waals surface area contributed by atoms with Crippen LogP contribution in [0.25, 0.3) is 0 Å². The van der Waals surface area contributed by atoms with Crippen LogP contribution in [0.15, 0.2) is 5.38 Å². The van der Waals surface area contributed by atoms with Crippen LogP contribution < -0.4 is 11.1 Å². The zero-order valence-electron chi connectivity index (χ0n) is 7.82. The second-order valence-corrected chi connectivity index (χ2v) is 4.38. The van der Waals surface area contributed by atoms with Gasteiger partial charge in [-0.1, -0.05) is 0 Å². The molecule has 0 atom stereocenters. The van der Waals surface area contributed by atoms with Gasteiger partial charge in [0.1, 0.15) is 0 Å². The molecule has 0 spiro atoms. The lowest BCUT2D eigenvalue weighted by atomic mass is 10.3. The first-order chi connectivity index (χ1) is 6.75. The molecule has 0 aromatic carbocycles. The highest BCUT2D eigenvalue weighted by Gasteiger charge is 2.28. The van der Waals surface area contributed by atoms with Crippen molar-refractivity contribution in [2.45, 2.75) is 19.3 Å². The highest BCUT2D eigenvalue weighted by atomic mass is 32.1. The molecule has 0 radical (unpaired) electrons. The normalized spacial score (nSPS) is 15.4. The molecule has 1 aromatic heterocycles. The van der Waals surface area contributed by atoms with Crippen LogP contribution in [0.3, 0.4) is 0 Å². The first kappa shape index (κ1) is 9.45. The summed E-state index contributed by atoms with van der Waals surface area (Å²) in [6.45, 7) is 0.665. The molecule has 76 valence electrons. The molecule has 1 aliphatic carbocycles. The standard InChI is InChI=1S/C9H13N3OS/c10-9-12-7(5-14-9)3-4-11-8(13)6-1-2-6/h5-6H,1-4H2,(H2,10,12)(H,11,13). The van der Waals surface area contributed by atoms with E-state index < -0.39 is 0 Å². The van der Waals surface area contributed by atoms with E-state index in [0.29, 0.717) is 11.7 Å². The second-order valence-electron chi connectivity index (χ2n) is 3.49. The van der Waals surface area contributed by atoms with Crippen molar-refractivity contribution in [3.63, 3.8) is 0 Å². The molecule has 1 aromatic rings. The summed E-state index contributed by atoms with van der Waals surface area (Å²) in [5, 5.41) is 5.41. The maximum Gasteiger partial charge on any atom is 0.223 e. The molecular weight excluding hydrogens is 198 g/mol. The fourth-order valence-corrected chi connectivity index (χ4v) is 1.84.